The van der Waals surface area contributed by atoms with Crippen molar-refractivity contribution < 1.29 is 23.8 Å². The first-order chi connectivity index (χ1) is 18.6. The summed E-state index contributed by atoms with van der Waals surface area (Å²) >= 11 is 6.28. The number of rotatable bonds is 6. The first kappa shape index (κ1) is 28.0. The van der Waals surface area contributed by atoms with Gasteiger partial charge in [-0.15, -0.1) is 0 Å². The Hall–Kier alpha value is -3.98. The molecule has 9 nitrogen and oxygen atoms in total. The number of pyridine rings is 1. The molecule has 1 aliphatic rings. The highest BCUT2D eigenvalue weighted by molar-refractivity contribution is 6.34. The monoisotopic (exact) mass is 552 g/mol. The van der Waals surface area contributed by atoms with Gasteiger partial charge in [0.25, 0.3) is 0 Å². The molecule has 0 unspecified atom stereocenters. The van der Waals surface area contributed by atoms with Crippen LogP contribution in [-0.2, 0) is 9.47 Å². The van der Waals surface area contributed by atoms with E-state index in [2.05, 4.69) is 15.2 Å². The SMILES string of the molecule is CNc1cc(-c2ccc(N3CCN(C(=O)OC(C)(C)C)CC3)cc2)c(Oc2cccc(Cl)c2C(=O)OC)cn1. The van der Waals surface area contributed by atoms with Crippen molar-refractivity contribution in [2.75, 3.05) is 50.6 Å². The van der Waals surface area contributed by atoms with Crippen LogP contribution in [0.15, 0.2) is 54.7 Å². The molecule has 0 radical (unpaired) electrons. The van der Waals surface area contributed by atoms with Gasteiger partial charge in [0.2, 0.25) is 0 Å². The van der Waals surface area contributed by atoms with Crippen LogP contribution in [0.1, 0.15) is 31.1 Å². The highest BCUT2D eigenvalue weighted by Gasteiger charge is 2.26. The number of nitrogens with zero attached hydrogens (tertiary/aromatic N) is 3. The summed E-state index contributed by atoms with van der Waals surface area (Å²) < 4.78 is 16.6. The summed E-state index contributed by atoms with van der Waals surface area (Å²) in [5, 5.41) is 3.29. The second kappa shape index (κ2) is 11.8. The molecule has 0 bridgehead atoms. The summed E-state index contributed by atoms with van der Waals surface area (Å²) in [6, 6.07) is 15.0. The number of hydrogen-bond acceptors (Lipinski definition) is 8. The maximum Gasteiger partial charge on any atom is 0.410 e. The molecule has 39 heavy (non-hydrogen) atoms. The van der Waals surface area contributed by atoms with E-state index in [0.29, 0.717) is 37.7 Å². The van der Waals surface area contributed by atoms with E-state index in [-0.39, 0.29) is 22.4 Å². The van der Waals surface area contributed by atoms with Crippen LogP contribution in [0.3, 0.4) is 0 Å². The van der Waals surface area contributed by atoms with Crippen molar-refractivity contribution in [3.8, 4) is 22.6 Å². The summed E-state index contributed by atoms with van der Waals surface area (Å²) in [5.74, 6) is 0.807. The Kier molecular flexibility index (Phi) is 8.50. The first-order valence-electron chi connectivity index (χ1n) is 12.7. The van der Waals surface area contributed by atoms with Crippen molar-refractivity contribution in [1.82, 2.24) is 9.88 Å². The molecular formula is C29H33ClN4O5. The van der Waals surface area contributed by atoms with Gasteiger partial charge in [-0.25, -0.2) is 14.6 Å². The van der Waals surface area contributed by atoms with Gasteiger partial charge >= 0.3 is 12.1 Å². The number of carbonyl (C=O) groups is 2. The standard InChI is InChI=1S/C29H33ClN4O5/c1-29(2,3)39-28(36)34-15-13-33(14-16-34)20-11-9-19(10-12-20)21-17-25(31-4)32-18-24(21)38-23-8-6-7-22(30)26(23)27(35)37-5/h6-12,17-18H,13-16H2,1-5H3,(H,31,32). The lowest BCUT2D eigenvalue weighted by Gasteiger charge is -2.36. The maximum absolute atomic E-state index is 12.4. The molecule has 0 spiro atoms. The Morgan fingerprint density at radius 2 is 1.69 bits per heavy atom. The molecule has 4 rings (SSSR count). The van der Waals surface area contributed by atoms with Crippen LogP contribution >= 0.6 is 11.6 Å². The number of piperazine rings is 1. The largest absolute Gasteiger partial charge is 0.465 e. The van der Waals surface area contributed by atoms with E-state index in [4.69, 9.17) is 25.8 Å². The highest BCUT2D eigenvalue weighted by atomic mass is 35.5. The Morgan fingerprint density at radius 3 is 2.31 bits per heavy atom. The molecule has 3 aromatic rings. The van der Waals surface area contributed by atoms with Gasteiger partial charge in [0.1, 0.15) is 22.7 Å². The van der Waals surface area contributed by atoms with Gasteiger partial charge in [-0.2, -0.15) is 0 Å². The third-order valence-electron chi connectivity index (χ3n) is 6.18. The average molecular weight is 553 g/mol. The lowest BCUT2D eigenvalue weighted by molar-refractivity contribution is 0.0240. The lowest BCUT2D eigenvalue weighted by Crippen LogP contribution is -2.50. The first-order valence-corrected chi connectivity index (χ1v) is 13.0. The zero-order valence-electron chi connectivity index (χ0n) is 22.8. The molecule has 0 aliphatic carbocycles. The fourth-order valence-corrected chi connectivity index (χ4v) is 4.46. The smallest absolute Gasteiger partial charge is 0.410 e. The number of amides is 1. The van der Waals surface area contributed by atoms with Gasteiger partial charge in [-0.3, -0.25) is 0 Å². The van der Waals surface area contributed by atoms with Crippen molar-refractivity contribution in [1.29, 1.82) is 0 Å². The van der Waals surface area contributed by atoms with Crippen molar-refractivity contribution in [2.45, 2.75) is 26.4 Å². The van der Waals surface area contributed by atoms with E-state index in [1.807, 2.05) is 51.1 Å². The van der Waals surface area contributed by atoms with Gasteiger partial charge in [-0.05, 0) is 56.7 Å². The van der Waals surface area contributed by atoms with Crippen LogP contribution in [0.4, 0.5) is 16.3 Å². The van der Waals surface area contributed by atoms with E-state index < -0.39 is 11.6 Å². The molecule has 1 saturated heterocycles. The predicted molar refractivity (Wildman–Crippen MR) is 152 cm³/mol. The summed E-state index contributed by atoms with van der Waals surface area (Å²) in [6.45, 7) is 8.20. The van der Waals surface area contributed by atoms with Crippen molar-refractivity contribution in [3.63, 3.8) is 0 Å². The molecule has 1 aromatic heterocycles. The van der Waals surface area contributed by atoms with E-state index in [1.54, 1.807) is 36.3 Å². The number of nitrogens with one attached hydrogen (secondary N) is 1. The fourth-order valence-electron chi connectivity index (χ4n) is 4.22. The Bertz CT molecular complexity index is 1330. The third kappa shape index (κ3) is 6.72. The lowest BCUT2D eigenvalue weighted by atomic mass is 10.0. The average Bonchev–Trinajstić information content (AvgIpc) is 2.92. The molecule has 10 heteroatoms. The van der Waals surface area contributed by atoms with Crippen LogP contribution in [0.25, 0.3) is 11.1 Å². The van der Waals surface area contributed by atoms with Crippen molar-refractivity contribution in [2.24, 2.45) is 0 Å². The normalized spacial score (nSPS) is 13.6. The van der Waals surface area contributed by atoms with Crippen LogP contribution in [0, 0.1) is 0 Å². The van der Waals surface area contributed by atoms with Crippen molar-refractivity contribution >= 4 is 35.2 Å². The number of benzene rings is 2. The molecule has 1 aliphatic heterocycles. The summed E-state index contributed by atoms with van der Waals surface area (Å²) in [5.41, 5.74) is 2.37. The van der Waals surface area contributed by atoms with Gasteiger partial charge in [0.15, 0.2) is 5.75 Å². The zero-order valence-corrected chi connectivity index (χ0v) is 23.5. The second-order valence-corrected chi connectivity index (χ2v) is 10.4. The maximum atomic E-state index is 12.4. The molecule has 1 N–H and O–H groups in total. The van der Waals surface area contributed by atoms with Crippen LogP contribution in [-0.4, -0.2) is 67.9 Å². The van der Waals surface area contributed by atoms with E-state index in [1.165, 1.54) is 7.11 Å². The molecule has 206 valence electrons. The number of halogens is 1. The number of carbonyl (C=O) groups excluding carboxylic acids is 2. The fraction of sp³-hybridized carbons (Fsp3) is 0.345. The Labute approximate surface area is 233 Å². The number of hydrogen-bond donors (Lipinski definition) is 1. The van der Waals surface area contributed by atoms with Crippen LogP contribution in [0.2, 0.25) is 5.02 Å². The molecule has 1 amide bonds. The highest BCUT2D eigenvalue weighted by Crippen LogP contribution is 2.38. The van der Waals surface area contributed by atoms with E-state index in [9.17, 15) is 9.59 Å². The molecule has 2 aromatic carbocycles. The van der Waals surface area contributed by atoms with Gasteiger partial charge in [-0.1, -0.05) is 29.8 Å². The summed E-state index contributed by atoms with van der Waals surface area (Å²) in [7, 11) is 3.09. The molecular weight excluding hydrogens is 520 g/mol. The minimum absolute atomic E-state index is 0.145. The van der Waals surface area contributed by atoms with Crippen LogP contribution < -0.4 is 15.0 Å². The zero-order chi connectivity index (χ0) is 28.2. The Balaban J connectivity index is 1.54. The number of esters is 1. The summed E-state index contributed by atoms with van der Waals surface area (Å²) in [6.07, 6.45) is 1.32. The quantitative estimate of drug-likeness (QED) is 0.368. The van der Waals surface area contributed by atoms with Crippen LogP contribution in [0.5, 0.6) is 11.5 Å². The minimum atomic E-state index is -0.590. The topological polar surface area (TPSA) is 93.2 Å². The van der Waals surface area contributed by atoms with Crippen molar-refractivity contribution in [3.05, 3.63) is 65.3 Å². The number of anilines is 2. The number of ether oxygens (including phenoxy) is 3. The number of aromatic nitrogens is 1. The third-order valence-corrected chi connectivity index (χ3v) is 6.50. The molecule has 2 heterocycles. The summed E-state index contributed by atoms with van der Waals surface area (Å²) in [4.78, 5) is 33.1. The second-order valence-electron chi connectivity index (χ2n) is 10.0. The predicted octanol–water partition coefficient (Wildman–Crippen LogP) is 6.08. The molecule has 0 saturated carbocycles. The van der Waals surface area contributed by atoms with E-state index in [0.717, 1.165) is 16.8 Å². The minimum Gasteiger partial charge on any atom is -0.465 e. The van der Waals surface area contributed by atoms with Gasteiger partial charge < -0.3 is 29.3 Å². The Morgan fingerprint density at radius 1 is 1.00 bits per heavy atom. The van der Waals surface area contributed by atoms with Gasteiger partial charge in [0.05, 0.1) is 18.3 Å². The molecule has 1 fully saturated rings. The molecule has 0 atom stereocenters. The van der Waals surface area contributed by atoms with E-state index >= 15 is 0 Å². The number of methoxy groups -OCH3 is 1. The van der Waals surface area contributed by atoms with Gasteiger partial charge in [0, 0.05) is 44.5 Å².